The molecule has 2 saturated heterocycles. The van der Waals surface area contributed by atoms with Crippen molar-refractivity contribution in [1.29, 1.82) is 0 Å². The van der Waals surface area contributed by atoms with E-state index in [1.807, 2.05) is 0 Å². The molecule has 2 heterocycles. The molecule has 1 N–H and O–H groups in total. The summed E-state index contributed by atoms with van der Waals surface area (Å²) in [5, 5.41) is 9.31. The smallest absolute Gasteiger partial charge is 0.257 e. The normalized spacial score (nSPS) is 49.5. The molecule has 2 aliphatic rings. The molecule has 0 spiro atoms. The van der Waals surface area contributed by atoms with Crippen molar-refractivity contribution in [3.8, 4) is 0 Å². The maximum atomic E-state index is 9.31. The SMILES string of the molecule is BOC1COC2C(O)COC12. The molecule has 4 nitrogen and oxygen atoms in total. The van der Waals surface area contributed by atoms with Crippen molar-refractivity contribution in [3.63, 3.8) is 0 Å². The lowest BCUT2D eigenvalue weighted by Crippen LogP contribution is -2.32. The van der Waals surface area contributed by atoms with Crippen molar-refractivity contribution in [1.82, 2.24) is 0 Å². The lowest BCUT2D eigenvalue weighted by molar-refractivity contribution is 0.0100. The van der Waals surface area contributed by atoms with E-state index in [1.165, 1.54) is 0 Å². The van der Waals surface area contributed by atoms with Gasteiger partial charge in [0.1, 0.15) is 18.3 Å². The fraction of sp³-hybridized carbons (Fsp3) is 1.00. The van der Waals surface area contributed by atoms with Gasteiger partial charge in [0.15, 0.2) is 0 Å². The fourth-order valence-electron chi connectivity index (χ4n) is 1.65. The van der Waals surface area contributed by atoms with Crippen LogP contribution in [0.5, 0.6) is 0 Å². The molecule has 0 saturated carbocycles. The van der Waals surface area contributed by atoms with Gasteiger partial charge < -0.3 is 19.2 Å². The highest BCUT2D eigenvalue weighted by Crippen LogP contribution is 2.27. The number of ether oxygens (including phenoxy) is 2. The van der Waals surface area contributed by atoms with Gasteiger partial charge in [-0.2, -0.15) is 0 Å². The van der Waals surface area contributed by atoms with Crippen LogP contribution in [0.1, 0.15) is 0 Å². The number of hydrogen-bond acceptors (Lipinski definition) is 4. The first-order valence-electron chi connectivity index (χ1n) is 3.77. The lowest BCUT2D eigenvalue weighted by Gasteiger charge is -2.13. The van der Waals surface area contributed by atoms with Crippen LogP contribution in [-0.4, -0.2) is 50.8 Å². The molecule has 0 aliphatic carbocycles. The summed E-state index contributed by atoms with van der Waals surface area (Å²) in [6, 6.07) is 0. The van der Waals surface area contributed by atoms with Gasteiger partial charge in [-0.25, -0.2) is 0 Å². The molecule has 2 aliphatic heterocycles. The monoisotopic (exact) mass is 158 g/mol. The Morgan fingerprint density at radius 1 is 1.27 bits per heavy atom. The van der Waals surface area contributed by atoms with E-state index < -0.39 is 6.10 Å². The van der Waals surface area contributed by atoms with Gasteiger partial charge in [0.25, 0.3) is 8.05 Å². The topological polar surface area (TPSA) is 47.9 Å². The lowest BCUT2D eigenvalue weighted by atomic mass is 10.1. The Labute approximate surface area is 65.9 Å². The van der Waals surface area contributed by atoms with Crippen molar-refractivity contribution >= 4 is 8.05 Å². The summed E-state index contributed by atoms with van der Waals surface area (Å²) in [5.74, 6) is 0. The number of aliphatic hydroxyl groups is 1. The standard InChI is InChI=1S/C6H11BO4/c7-11-4-2-10-5-3(8)1-9-6(4)5/h3-6,8H,1-2,7H2. The summed E-state index contributed by atoms with van der Waals surface area (Å²) in [5.41, 5.74) is 0. The Hall–Kier alpha value is -0.0951. The number of fused-ring (bicyclic) bond motifs is 1. The molecule has 2 fully saturated rings. The van der Waals surface area contributed by atoms with E-state index in [9.17, 15) is 5.11 Å². The fourth-order valence-corrected chi connectivity index (χ4v) is 1.65. The van der Waals surface area contributed by atoms with Gasteiger partial charge in [0.2, 0.25) is 0 Å². The molecule has 0 aromatic rings. The summed E-state index contributed by atoms with van der Waals surface area (Å²) in [6.45, 7) is 0.901. The minimum atomic E-state index is -0.472. The predicted molar refractivity (Wildman–Crippen MR) is 38.9 cm³/mol. The second kappa shape index (κ2) is 2.75. The van der Waals surface area contributed by atoms with Crippen LogP contribution in [0.3, 0.4) is 0 Å². The molecule has 5 heteroatoms. The zero-order valence-electron chi connectivity index (χ0n) is 6.40. The first-order valence-corrected chi connectivity index (χ1v) is 3.77. The van der Waals surface area contributed by atoms with E-state index in [0.29, 0.717) is 13.2 Å². The van der Waals surface area contributed by atoms with Gasteiger partial charge in [-0.3, -0.25) is 0 Å². The molecule has 0 aromatic heterocycles. The van der Waals surface area contributed by atoms with Crippen LogP contribution in [0, 0.1) is 0 Å². The first-order chi connectivity index (χ1) is 5.33. The van der Waals surface area contributed by atoms with Crippen molar-refractivity contribution in [3.05, 3.63) is 0 Å². The summed E-state index contributed by atoms with van der Waals surface area (Å²) >= 11 is 0. The number of aliphatic hydroxyl groups excluding tert-OH is 1. The van der Waals surface area contributed by atoms with Crippen molar-refractivity contribution in [2.75, 3.05) is 13.2 Å². The summed E-state index contributed by atoms with van der Waals surface area (Å²) in [4.78, 5) is 0. The van der Waals surface area contributed by atoms with Crippen LogP contribution in [0.25, 0.3) is 0 Å². The van der Waals surface area contributed by atoms with Crippen molar-refractivity contribution in [2.24, 2.45) is 0 Å². The third-order valence-electron chi connectivity index (χ3n) is 2.28. The van der Waals surface area contributed by atoms with Crippen molar-refractivity contribution < 1.29 is 19.2 Å². The van der Waals surface area contributed by atoms with Crippen LogP contribution in [0.4, 0.5) is 0 Å². The van der Waals surface area contributed by atoms with E-state index in [-0.39, 0.29) is 18.3 Å². The average molecular weight is 158 g/mol. The van der Waals surface area contributed by atoms with Gasteiger partial charge in [0, 0.05) is 0 Å². The Morgan fingerprint density at radius 2 is 2.00 bits per heavy atom. The third kappa shape index (κ3) is 1.08. The first kappa shape index (κ1) is 7.55. The highest BCUT2D eigenvalue weighted by atomic mass is 16.6. The molecule has 0 aromatic carbocycles. The Bertz CT molecular complexity index is 154. The molecule has 11 heavy (non-hydrogen) atoms. The highest BCUT2D eigenvalue weighted by Gasteiger charge is 2.46. The molecule has 0 amide bonds. The van der Waals surface area contributed by atoms with E-state index in [4.69, 9.17) is 14.1 Å². The average Bonchev–Trinajstić information content (AvgIpc) is 2.53. The van der Waals surface area contributed by atoms with Gasteiger partial charge in [-0.05, 0) is 0 Å². The van der Waals surface area contributed by atoms with Gasteiger partial charge in [0.05, 0.1) is 19.3 Å². The second-order valence-electron chi connectivity index (χ2n) is 2.94. The Morgan fingerprint density at radius 3 is 2.73 bits per heavy atom. The van der Waals surface area contributed by atoms with Crippen LogP contribution < -0.4 is 0 Å². The van der Waals surface area contributed by atoms with E-state index >= 15 is 0 Å². The zero-order valence-corrected chi connectivity index (χ0v) is 6.40. The molecule has 62 valence electrons. The molecule has 0 radical (unpaired) electrons. The summed E-state index contributed by atoms with van der Waals surface area (Å²) in [6.07, 6.45) is -0.702. The van der Waals surface area contributed by atoms with Gasteiger partial charge in [-0.15, -0.1) is 0 Å². The van der Waals surface area contributed by atoms with E-state index in [1.54, 1.807) is 8.05 Å². The minimum Gasteiger partial charge on any atom is -0.436 e. The van der Waals surface area contributed by atoms with Crippen LogP contribution in [0.2, 0.25) is 0 Å². The zero-order chi connectivity index (χ0) is 7.84. The van der Waals surface area contributed by atoms with Gasteiger partial charge >= 0.3 is 0 Å². The molecular formula is C6H11BO4. The quantitative estimate of drug-likeness (QED) is 0.452. The third-order valence-corrected chi connectivity index (χ3v) is 2.28. The Kier molecular flexibility index (Phi) is 1.89. The predicted octanol–water partition coefficient (Wildman–Crippen LogP) is -1.92. The van der Waals surface area contributed by atoms with Crippen LogP contribution in [-0.2, 0) is 14.1 Å². The molecular weight excluding hydrogens is 147 g/mol. The van der Waals surface area contributed by atoms with Crippen LogP contribution in [0.15, 0.2) is 0 Å². The maximum absolute atomic E-state index is 9.31. The Balaban J connectivity index is 2.04. The largest absolute Gasteiger partial charge is 0.436 e. The summed E-state index contributed by atoms with van der Waals surface area (Å²) in [7, 11) is 1.63. The highest BCUT2D eigenvalue weighted by molar-refractivity contribution is 5.98. The molecule has 2 rings (SSSR count). The minimum absolute atomic E-state index is 0.00264. The maximum Gasteiger partial charge on any atom is 0.257 e. The molecule has 0 bridgehead atoms. The van der Waals surface area contributed by atoms with Gasteiger partial charge in [-0.1, -0.05) is 0 Å². The second-order valence-corrected chi connectivity index (χ2v) is 2.94. The van der Waals surface area contributed by atoms with Crippen LogP contribution >= 0.6 is 0 Å². The summed E-state index contributed by atoms with van der Waals surface area (Å²) < 4.78 is 15.7. The van der Waals surface area contributed by atoms with E-state index in [0.717, 1.165) is 0 Å². The van der Waals surface area contributed by atoms with E-state index in [2.05, 4.69) is 0 Å². The number of rotatable bonds is 1. The molecule has 4 unspecified atom stereocenters. The van der Waals surface area contributed by atoms with Crippen molar-refractivity contribution in [2.45, 2.75) is 24.4 Å². The molecule has 4 atom stereocenters. The number of hydrogen-bond donors (Lipinski definition) is 1.